The monoisotopic (exact) mass is 190 g/mol. The molecule has 4 nitrogen and oxygen atoms in total. The molecule has 0 fully saturated rings. The van der Waals surface area contributed by atoms with Gasteiger partial charge >= 0.3 is 0 Å². The van der Waals surface area contributed by atoms with Crippen molar-refractivity contribution in [1.29, 1.82) is 0 Å². The van der Waals surface area contributed by atoms with E-state index in [0.717, 1.165) is 17.8 Å². The van der Waals surface area contributed by atoms with Crippen molar-refractivity contribution < 1.29 is 0 Å². The maximum atomic E-state index is 4.43. The van der Waals surface area contributed by atoms with Crippen molar-refractivity contribution in [3.05, 3.63) is 18.2 Å². The number of unbranched alkanes of at least 4 members (excludes halogenated alkanes) is 2. The van der Waals surface area contributed by atoms with Gasteiger partial charge in [-0.05, 0) is 12.8 Å². The summed E-state index contributed by atoms with van der Waals surface area (Å²) in [6, 6.07) is 0. The van der Waals surface area contributed by atoms with Crippen LogP contribution in [0.4, 0.5) is 0 Å². The Kier molecular flexibility index (Phi) is 2.72. The number of aromatic nitrogens is 4. The Bertz CT molecular complexity index is 407. The molecule has 14 heavy (non-hydrogen) atoms. The maximum absolute atomic E-state index is 4.43. The molecule has 2 aromatic heterocycles. The first-order valence-electron chi connectivity index (χ1n) is 5.05. The zero-order valence-electron chi connectivity index (χ0n) is 8.32. The third-order valence-corrected chi connectivity index (χ3v) is 2.23. The molecule has 0 aromatic carbocycles. The summed E-state index contributed by atoms with van der Waals surface area (Å²) in [6.07, 6.45) is 8.13. The van der Waals surface area contributed by atoms with E-state index in [1.54, 1.807) is 6.33 Å². The van der Waals surface area contributed by atoms with E-state index >= 15 is 0 Å². The number of H-pyrrole nitrogens is 1. The summed E-state index contributed by atoms with van der Waals surface area (Å²) in [5.41, 5.74) is 2.54. The lowest BCUT2D eigenvalue weighted by molar-refractivity contribution is 0.707. The summed E-state index contributed by atoms with van der Waals surface area (Å²) in [6.45, 7) is 2.20. The van der Waals surface area contributed by atoms with Gasteiger partial charge in [0, 0.05) is 0 Å². The quantitative estimate of drug-likeness (QED) is 0.751. The Morgan fingerprint density at radius 2 is 2.21 bits per heavy atom. The largest absolute Gasteiger partial charge is 0.328 e. The summed E-state index contributed by atoms with van der Waals surface area (Å²) in [5.74, 6) is 0. The van der Waals surface area contributed by atoms with Crippen molar-refractivity contribution in [2.75, 3.05) is 0 Å². The lowest BCUT2D eigenvalue weighted by Gasteiger charge is -1.98. The molecule has 0 amide bonds. The number of aromatic amines is 1. The van der Waals surface area contributed by atoms with Crippen LogP contribution in [0.1, 0.15) is 31.9 Å². The number of hydrogen-bond acceptors (Lipinski definition) is 3. The Morgan fingerprint density at radius 1 is 1.29 bits per heavy atom. The van der Waals surface area contributed by atoms with E-state index in [-0.39, 0.29) is 0 Å². The van der Waals surface area contributed by atoms with Crippen molar-refractivity contribution in [3.8, 4) is 0 Å². The predicted molar refractivity (Wildman–Crippen MR) is 54.9 cm³/mol. The van der Waals surface area contributed by atoms with Crippen molar-refractivity contribution in [3.63, 3.8) is 0 Å². The molecule has 0 saturated heterocycles. The van der Waals surface area contributed by atoms with Gasteiger partial charge in [-0.2, -0.15) is 0 Å². The van der Waals surface area contributed by atoms with Crippen LogP contribution in [0, 0.1) is 0 Å². The molecule has 0 unspecified atom stereocenters. The highest BCUT2D eigenvalue weighted by molar-refractivity contribution is 5.63. The average Bonchev–Trinajstić information content (AvgIpc) is 2.65. The van der Waals surface area contributed by atoms with Gasteiger partial charge in [0.05, 0.1) is 18.2 Å². The van der Waals surface area contributed by atoms with Crippen LogP contribution < -0.4 is 0 Å². The topological polar surface area (TPSA) is 54.5 Å². The molecule has 2 aromatic rings. The highest BCUT2D eigenvalue weighted by Gasteiger charge is 2.00. The summed E-state index contributed by atoms with van der Waals surface area (Å²) >= 11 is 0. The Hall–Kier alpha value is -1.45. The van der Waals surface area contributed by atoms with Crippen LogP contribution in [-0.2, 0) is 6.42 Å². The maximum Gasteiger partial charge on any atom is 0.197 e. The Morgan fingerprint density at radius 3 is 3.07 bits per heavy atom. The third-order valence-electron chi connectivity index (χ3n) is 2.23. The van der Waals surface area contributed by atoms with Crippen LogP contribution in [0.3, 0.4) is 0 Å². The molecule has 0 aliphatic heterocycles. The second-order valence-corrected chi connectivity index (χ2v) is 3.39. The zero-order chi connectivity index (χ0) is 9.80. The van der Waals surface area contributed by atoms with E-state index in [4.69, 9.17) is 0 Å². The number of nitrogens with zero attached hydrogens (tertiary/aromatic N) is 3. The minimum absolute atomic E-state index is 0.698. The lowest BCUT2D eigenvalue weighted by atomic mass is 10.2. The van der Waals surface area contributed by atoms with Crippen molar-refractivity contribution in [2.45, 2.75) is 32.6 Å². The first kappa shape index (κ1) is 9.12. The van der Waals surface area contributed by atoms with Crippen LogP contribution in [0.2, 0.25) is 0 Å². The molecule has 0 bridgehead atoms. The van der Waals surface area contributed by atoms with E-state index in [1.165, 1.54) is 19.3 Å². The average molecular weight is 190 g/mol. The number of fused-ring (bicyclic) bond motifs is 1. The van der Waals surface area contributed by atoms with Gasteiger partial charge in [0.25, 0.3) is 0 Å². The SMILES string of the molecule is CCCCCc1cnc2nc[nH]c2n1. The van der Waals surface area contributed by atoms with E-state index in [1.807, 2.05) is 6.20 Å². The fourth-order valence-corrected chi connectivity index (χ4v) is 1.44. The van der Waals surface area contributed by atoms with E-state index in [2.05, 4.69) is 26.9 Å². The smallest absolute Gasteiger partial charge is 0.197 e. The molecule has 4 heteroatoms. The molecule has 0 saturated carbocycles. The fraction of sp³-hybridized carbons (Fsp3) is 0.500. The van der Waals surface area contributed by atoms with E-state index < -0.39 is 0 Å². The molecule has 0 atom stereocenters. The van der Waals surface area contributed by atoms with Gasteiger partial charge in [-0.1, -0.05) is 19.8 Å². The van der Waals surface area contributed by atoms with Crippen LogP contribution in [0.15, 0.2) is 12.5 Å². The normalized spacial score (nSPS) is 10.9. The van der Waals surface area contributed by atoms with Gasteiger partial charge < -0.3 is 4.98 Å². The number of imidazole rings is 1. The highest BCUT2D eigenvalue weighted by Crippen LogP contribution is 2.06. The fourth-order valence-electron chi connectivity index (χ4n) is 1.44. The minimum atomic E-state index is 0.698. The van der Waals surface area contributed by atoms with Crippen LogP contribution in [-0.4, -0.2) is 19.9 Å². The first-order chi connectivity index (χ1) is 6.90. The van der Waals surface area contributed by atoms with E-state index in [0.29, 0.717) is 5.65 Å². The van der Waals surface area contributed by atoms with Gasteiger partial charge in [-0.3, -0.25) is 0 Å². The molecule has 0 radical (unpaired) electrons. The molecule has 1 N–H and O–H groups in total. The summed E-state index contributed by atoms with van der Waals surface area (Å²) in [5, 5.41) is 0. The van der Waals surface area contributed by atoms with Gasteiger partial charge in [0.2, 0.25) is 0 Å². The number of hydrogen-bond donors (Lipinski definition) is 1. The van der Waals surface area contributed by atoms with Crippen LogP contribution in [0.25, 0.3) is 11.3 Å². The molecular formula is C10H14N4. The van der Waals surface area contributed by atoms with Gasteiger partial charge in [-0.15, -0.1) is 0 Å². The lowest BCUT2D eigenvalue weighted by Crippen LogP contribution is -1.92. The Balaban J connectivity index is 2.10. The van der Waals surface area contributed by atoms with Crippen LogP contribution >= 0.6 is 0 Å². The molecule has 74 valence electrons. The van der Waals surface area contributed by atoms with Crippen molar-refractivity contribution >= 4 is 11.3 Å². The Labute approximate surface area is 82.8 Å². The molecule has 0 spiro atoms. The first-order valence-corrected chi connectivity index (χ1v) is 5.05. The van der Waals surface area contributed by atoms with E-state index in [9.17, 15) is 0 Å². The zero-order valence-corrected chi connectivity index (χ0v) is 8.32. The van der Waals surface area contributed by atoms with Crippen molar-refractivity contribution in [1.82, 2.24) is 19.9 Å². The highest BCUT2D eigenvalue weighted by atomic mass is 15.0. The van der Waals surface area contributed by atoms with Gasteiger partial charge in [0.1, 0.15) is 0 Å². The molecule has 2 heterocycles. The van der Waals surface area contributed by atoms with Gasteiger partial charge in [0.15, 0.2) is 11.3 Å². The number of aryl methyl sites for hydroxylation is 1. The third kappa shape index (κ3) is 1.89. The summed E-state index contributed by atoms with van der Waals surface area (Å²) in [7, 11) is 0. The predicted octanol–water partition coefficient (Wildman–Crippen LogP) is 2.09. The second-order valence-electron chi connectivity index (χ2n) is 3.39. The molecule has 0 aliphatic rings. The molecule has 0 aliphatic carbocycles. The summed E-state index contributed by atoms with van der Waals surface area (Å²) in [4.78, 5) is 15.6. The minimum Gasteiger partial charge on any atom is -0.328 e. The van der Waals surface area contributed by atoms with Crippen molar-refractivity contribution in [2.24, 2.45) is 0 Å². The number of nitrogens with one attached hydrogen (secondary N) is 1. The standard InChI is InChI=1S/C10H14N4/c1-2-3-4-5-8-6-11-9-10(14-8)13-7-12-9/h6-7H,2-5H2,1H3,(H,11,12,13,14). The number of rotatable bonds is 4. The second kappa shape index (κ2) is 4.17. The molecule has 2 rings (SSSR count). The van der Waals surface area contributed by atoms with Gasteiger partial charge in [-0.25, -0.2) is 15.0 Å². The van der Waals surface area contributed by atoms with Crippen LogP contribution in [0.5, 0.6) is 0 Å². The summed E-state index contributed by atoms with van der Waals surface area (Å²) < 4.78 is 0. The molecular weight excluding hydrogens is 176 g/mol.